The van der Waals surface area contributed by atoms with Gasteiger partial charge in [-0.1, -0.05) is 0 Å². The van der Waals surface area contributed by atoms with Gasteiger partial charge in [-0.3, -0.25) is 19.8 Å². The van der Waals surface area contributed by atoms with Crippen molar-refractivity contribution in [1.29, 1.82) is 5.26 Å². The molecule has 164 valence electrons. The number of hydrazine groups is 1. The normalized spacial score (nSPS) is 13.2. The number of rotatable bonds is 5. The van der Waals surface area contributed by atoms with E-state index in [0.29, 0.717) is 28.3 Å². The van der Waals surface area contributed by atoms with Crippen LogP contribution in [0.3, 0.4) is 0 Å². The van der Waals surface area contributed by atoms with E-state index in [2.05, 4.69) is 15.7 Å². The minimum absolute atomic E-state index is 0.144. The Hall–Kier alpha value is -4.71. The molecule has 3 aromatic rings. The summed E-state index contributed by atoms with van der Waals surface area (Å²) in [7, 11) is 0. The molecule has 1 fully saturated rings. The number of benzene rings is 2. The molecule has 4 rings (SSSR count). The fourth-order valence-corrected chi connectivity index (χ4v) is 3.25. The molecule has 2 heterocycles. The second kappa shape index (κ2) is 9.20. The topological polar surface area (TPSA) is 124 Å². The highest BCUT2D eigenvalue weighted by atomic mass is 16.5. The Bertz CT molecular complexity index is 1280. The zero-order chi connectivity index (χ0) is 23.4. The van der Waals surface area contributed by atoms with E-state index in [-0.39, 0.29) is 36.4 Å². The number of carbonyl (C=O) groups excluding carboxylic acids is 3. The van der Waals surface area contributed by atoms with Crippen LogP contribution < -0.4 is 20.5 Å². The van der Waals surface area contributed by atoms with Crippen LogP contribution in [0, 0.1) is 18.3 Å². The van der Waals surface area contributed by atoms with Crippen LogP contribution in [-0.4, -0.2) is 22.7 Å². The Morgan fingerprint density at radius 3 is 2.67 bits per heavy atom. The van der Waals surface area contributed by atoms with Crippen LogP contribution in [0.5, 0.6) is 11.6 Å². The van der Waals surface area contributed by atoms with Crippen LogP contribution >= 0.6 is 0 Å². The smallest absolute Gasteiger partial charge is 0.255 e. The van der Waals surface area contributed by atoms with Crippen molar-refractivity contribution in [3.63, 3.8) is 0 Å². The van der Waals surface area contributed by atoms with E-state index >= 15 is 0 Å². The summed E-state index contributed by atoms with van der Waals surface area (Å²) in [6.07, 6.45) is 1.85. The summed E-state index contributed by atoms with van der Waals surface area (Å²) in [4.78, 5) is 40.3. The maximum Gasteiger partial charge on any atom is 0.255 e. The molecule has 0 radical (unpaired) electrons. The van der Waals surface area contributed by atoms with Crippen LogP contribution in [0.2, 0.25) is 0 Å². The van der Waals surface area contributed by atoms with Gasteiger partial charge in [0.25, 0.3) is 5.91 Å². The summed E-state index contributed by atoms with van der Waals surface area (Å²) in [6, 6.07) is 16.8. The first kappa shape index (κ1) is 21.5. The van der Waals surface area contributed by atoms with Crippen LogP contribution in [0.25, 0.3) is 0 Å². The van der Waals surface area contributed by atoms with Crippen molar-refractivity contribution in [2.24, 2.45) is 0 Å². The van der Waals surface area contributed by atoms with E-state index < -0.39 is 0 Å². The number of amides is 3. The monoisotopic (exact) mass is 441 g/mol. The van der Waals surface area contributed by atoms with Gasteiger partial charge in [-0.2, -0.15) is 5.26 Å². The number of nitriles is 1. The molecule has 2 N–H and O–H groups in total. The van der Waals surface area contributed by atoms with Crippen LogP contribution in [0.4, 0.5) is 11.4 Å². The Morgan fingerprint density at radius 1 is 1.15 bits per heavy atom. The summed E-state index contributed by atoms with van der Waals surface area (Å²) < 4.78 is 5.70. The van der Waals surface area contributed by atoms with Gasteiger partial charge in [0.1, 0.15) is 17.4 Å². The number of nitrogens with one attached hydrogen (secondary N) is 2. The van der Waals surface area contributed by atoms with Gasteiger partial charge in [0.05, 0.1) is 5.69 Å². The molecule has 0 aliphatic carbocycles. The molecule has 1 aliphatic heterocycles. The van der Waals surface area contributed by atoms with Crippen molar-refractivity contribution in [2.75, 3.05) is 10.3 Å². The minimum atomic E-state index is -0.330. The third-order valence-electron chi connectivity index (χ3n) is 4.99. The SMILES string of the molecule is Cc1cc(Oc2ncccc2C#N)ccc1NC(=O)c1ccc(N2NC(=O)CCC2=O)cc1. The Balaban J connectivity index is 1.44. The van der Waals surface area contributed by atoms with E-state index in [0.717, 1.165) is 5.56 Å². The Labute approximate surface area is 189 Å². The lowest BCUT2D eigenvalue weighted by atomic mass is 10.1. The standard InChI is InChI=1S/C24H19N5O4/c1-15-13-19(33-24-17(14-25)3-2-12-26-24)8-9-20(15)27-23(32)16-4-6-18(7-5-16)29-22(31)11-10-21(30)28-29/h2-9,12-13H,10-11H2,1H3,(H,27,32)(H,28,30). The number of carbonyl (C=O) groups is 3. The van der Waals surface area contributed by atoms with Crippen molar-refractivity contribution in [3.05, 3.63) is 77.5 Å². The highest BCUT2D eigenvalue weighted by Crippen LogP contribution is 2.27. The van der Waals surface area contributed by atoms with Crippen molar-refractivity contribution in [2.45, 2.75) is 19.8 Å². The molecule has 0 spiro atoms. The van der Waals surface area contributed by atoms with E-state index in [1.807, 2.05) is 13.0 Å². The second-order valence-electron chi connectivity index (χ2n) is 7.31. The van der Waals surface area contributed by atoms with Crippen molar-refractivity contribution >= 4 is 29.1 Å². The van der Waals surface area contributed by atoms with Crippen molar-refractivity contribution in [1.82, 2.24) is 10.4 Å². The number of anilines is 2. The van der Waals surface area contributed by atoms with Gasteiger partial charge in [-0.05, 0) is 67.1 Å². The number of aryl methyl sites for hydroxylation is 1. The zero-order valence-electron chi connectivity index (χ0n) is 17.7. The third-order valence-corrected chi connectivity index (χ3v) is 4.99. The molecule has 9 heteroatoms. The molecule has 0 unspecified atom stereocenters. The average Bonchev–Trinajstić information content (AvgIpc) is 2.83. The maximum absolute atomic E-state index is 12.7. The first-order chi connectivity index (χ1) is 15.9. The molecule has 33 heavy (non-hydrogen) atoms. The van der Waals surface area contributed by atoms with Gasteiger partial charge >= 0.3 is 0 Å². The fourth-order valence-electron chi connectivity index (χ4n) is 3.25. The van der Waals surface area contributed by atoms with Crippen LogP contribution in [0.15, 0.2) is 60.8 Å². The Kier molecular flexibility index (Phi) is 6.00. The van der Waals surface area contributed by atoms with Gasteiger partial charge in [0.15, 0.2) is 0 Å². The largest absolute Gasteiger partial charge is 0.438 e. The number of nitrogens with zero attached hydrogens (tertiary/aromatic N) is 3. The lowest BCUT2D eigenvalue weighted by molar-refractivity contribution is -0.130. The van der Waals surface area contributed by atoms with Crippen LogP contribution in [-0.2, 0) is 9.59 Å². The molecule has 1 aliphatic rings. The van der Waals surface area contributed by atoms with Crippen LogP contribution in [0.1, 0.15) is 34.3 Å². The summed E-state index contributed by atoms with van der Waals surface area (Å²) in [5.74, 6) is -0.0784. The average molecular weight is 441 g/mol. The molecular weight excluding hydrogens is 422 g/mol. The molecule has 1 saturated heterocycles. The van der Waals surface area contributed by atoms with E-state index in [1.54, 1.807) is 54.6 Å². The molecule has 3 amide bonds. The molecule has 0 saturated carbocycles. The number of aromatic nitrogens is 1. The predicted molar refractivity (Wildman–Crippen MR) is 119 cm³/mol. The van der Waals surface area contributed by atoms with Gasteiger partial charge < -0.3 is 10.1 Å². The van der Waals surface area contributed by atoms with Gasteiger partial charge in [-0.25, -0.2) is 9.99 Å². The van der Waals surface area contributed by atoms with E-state index in [9.17, 15) is 14.4 Å². The lowest BCUT2D eigenvalue weighted by Gasteiger charge is -2.27. The molecular formula is C24H19N5O4. The number of pyridine rings is 1. The highest BCUT2D eigenvalue weighted by molar-refractivity contribution is 6.05. The van der Waals surface area contributed by atoms with Gasteiger partial charge in [0.2, 0.25) is 17.7 Å². The molecule has 0 atom stereocenters. The minimum Gasteiger partial charge on any atom is -0.438 e. The fraction of sp³-hybridized carbons (Fsp3) is 0.125. The first-order valence-electron chi connectivity index (χ1n) is 10.1. The number of hydrogen-bond donors (Lipinski definition) is 2. The quantitative estimate of drug-likeness (QED) is 0.625. The molecule has 9 nitrogen and oxygen atoms in total. The summed E-state index contributed by atoms with van der Waals surface area (Å²) in [5, 5.41) is 13.2. The second-order valence-corrected chi connectivity index (χ2v) is 7.31. The maximum atomic E-state index is 12.7. The van der Waals surface area contributed by atoms with Gasteiger partial charge in [-0.15, -0.1) is 0 Å². The van der Waals surface area contributed by atoms with Crippen molar-refractivity contribution in [3.8, 4) is 17.7 Å². The van der Waals surface area contributed by atoms with E-state index in [4.69, 9.17) is 10.00 Å². The zero-order valence-corrected chi connectivity index (χ0v) is 17.7. The summed E-state index contributed by atoms with van der Waals surface area (Å²) in [6.45, 7) is 1.82. The number of ether oxygens (including phenoxy) is 1. The Morgan fingerprint density at radius 2 is 1.94 bits per heavy atom. The summed E-state index contributed by atoms with van der Waals surface area (Å²) in [5.41, 5.74) is 5.06. The summed E-state index contributed by atoms with van der Waals surface area (Å²) >= 11 is 0. The highest BCUT2D eigenvalue weighted by Gasteiger charge is 2.24. The molecule has 2 aromatic carbocycles. The molecule has 0 bridgehead atoms. The first-order valence-corrected chi connectivity index (χ1v) is 10.1. The van der Waals surface area contributed by atoms with Gasteiger partial charge in [0, 0.05) is 30.3 Å². The lowest BCUT2D eigenvalue weighted by Crippen LogP contribution is -2.50. The predicted octanol–water partition coefficient (Wildman–Crippen LogP) is 3.46. The number of hydrogen-bond acceptors (Lipinski definition) is 6. The molecule has 1 aromatic heterocycles. The van der Waals surface area contributed by atoms with Crippen molar-refractivity contribution < 1.29 is 19.1 Å². The third kappa shape index (κ3) is 4.80. The van der Waals surface area contributed by atoms with E-state index in [1.165, 1.54) is 11.2 Å².